The molecule has 5 heteroatoms. The third-order valence-electron chi connectivity index (χ3n) is 4.16. The molecule has 112 valence electrons. The van der Waals surface area contributed by atoms with Crippen LogP contribution in [0.1, 0.15) is 53.4 Å². The van der Waals surface area contributed by atoms with Crippen molar-refractivity contribution >= 4 is 34.9 Å². The van der Waals surface area contributed by atoms with Crippen LogP contribution in [0.15, 0.2) is 0 Å². The minimum Gasteiger partial charge on any atom is -0.316 e. The quantitative estimate of drug-likeness (QED) is 0.900. The minimum atomic E-state index is 0.629. The lowest BCUT2D eigenvalue weighted by Gasteiger charge is -2.26. The Morgan fingerprint density at radius 3 is 2.95 bits per heavy atom. The standard InChI is InChI=1S/C15H24N2S3/c1-3-16-9-11-5-4-6-12-13(11)17-15(20-12)14-10(2)18-7-8-19-14/h10-11,14,16H,3-9H2,1-2H3. The summed E-state index contributed by atoms with van der Waals surface area (Å²) in [7, 11) is 0. The Kier molecular flexibility index (Phi) is 5.34. The summed E-state index contributed by atoms with van der Waals surface area (Å²) in [5, 5.41) is 6.26. The van der Waals surface area contributed by atoms with Crippen molar-refractivity contribution in [1.29, 1.82) is 0 Å². The molecule has 0 spiro atoms. The summed E-state index contributed by atoms with van der Waals surface area (Å²) in [5.74, 6) is 3.24. The third-order valence-corrected chi connectivity index (χ3v) is 8.62. The van der Waals surface area contributed by atoms with Gasteiger partial charge in [-0.2, -0.15) is 11.8 Å². The maximum Gasteiger partial charge on any atom is 0.107 e. The van der Waals surface area contributed by atoms with E-state index < -0.39 is 0 Å². The zero-order valence-corrected chi connectivity index (χ0v) is 14.8. The van der Waals surface area contributed by atoms with Crippen molar-refractivity contribution in [3.63, 3.8) is 0 Å². The number of thiazole rings is 1. The number of aryl methyl sites for hydroxylation is 1. The fourth-order valence-corrected chi connectivity index (χ4v) is 7.42. The summed E-state index contributed by atoms with van der Waals surface area (Å²) < 4.78 is 0. The molecule has 2 nitrogen and oxygen atoms in total. The number of likely N-dealkylation sites (N-methyl/N-ethyl adjacent to an activating group) is 1. The number of fused-ring (bicyclic) bond motifs is 1. The van der Waals surface area contributed by atoms with E-state index in [1.807, 2.05) is 11.3 Å². The lowest BCUT2D eigenvalue weighted by atomic mass is 9.91. The first-order valence-electron chi connectivity index (χ1n) is 7.73. The highest BCUT2D eigenvalue weighted by Gasteiger charge is 2.31. The van der Waals surface area contributed by atoms with E-state index in [4.69, 9.17) is 4.98 Å². The normalized spacial score (nSPS) is 30.2. The lowest BCUT2D eigenvalue weighted by molar-refractivity contribution is 0.508. The predicted molar refractivity (Wildman–Crippen MR) is 93.5 cm³/mol. The number of thioether (sulfide) groups is 2. The predicted octanol–water partition coefficient (Wildman–Crippen LogP) is 4.08. The molecule has 1 N–H and O–H groups in total. The van der Waals surface area contributed by atoms with Crippen LogP contribution in [0.25, 0.3) is 0 Å². The molecular formula is C15H24N2S3. The average Bonchev–Trinajstić information content (AvgIpc) is 2.89. The van der Waals surface area contributed by atoms with Crippen LogP contribution in [-0.2, 0) is 6.42 Å². The van der Waals surface area contributed by atoms with Gasteiger partial charge in [-0.05, 0) is 25.8 Å². The number of hydrogen-bond acceptors (Lipinski definition) is 5. The van der Waals surface area contributed by atoms with Gasteiger partial charge in [0, 0.05) is 34.1 Å². The molecule has 1 aliphatic heterocycles. The van der Waals surface area contributed by atoms with Gasteiger partial charge in [0.1, 0.15) is 5.01 Å². The SMILES string of the molecule is CCNCC1CCCc2sc(C3SCCSC3C)nc21. The molecule has 0 radical (unpaired) electrons. The Morgan fingerprint density at radius 2 is 2.15 bits per heavy atom. The van der Waals surface area contributed by atoms with E-state index in [0.717, 1.165) is 13.1 Å². The lowest BCUT2D eigenvalue weighted by Crippen LogP contribution is -2.24. The molecular weight excluding hydrogens is 304 g/mol. The number of nitrogens with zero attached hydrogens (tertiary/aromatic N) is 1. The zero-order chi connectivity index (χ0) is 13.9. The molecule has 3 unspecified atom stereocenters. The summed E-state index contributed by atoms with van der Waals surface area (Å²) in [4.78, 5) is 6.68. The van der Waals surface area contributed by atoms with Crippen LogP contribution in [0.4, 0.5) is 0 Å². The van der Waals surface area contributed by atoms with Crippen molar-refractivity contribution in [2.45, 2.75) is 49.5 Å². The fourth-order valence-electron chi connectivity index (χ4n) is 3.07. The Hall–Kier alpha value is 0.290. The largest absolute Gasteiger partial charge is 0.316 e. The van der Waals surface area contributed by atoms with Gasteiger partial charge in [0.2, 0.25) is 0 Å². The van der Waals surface area contributed by atoms with Crippen LogP contribution < -0.4 is 5.32 Å². The van der Waals surface area contributed by atoms with Gasteiger partial charge in [-0.3, -0.25) is 0 Å². The molecule has 1 fully saturated rings. The fraction of sp³-hybridized carbons (Fsp3) is 0.800. The van der Waals surface area contributed by atoms with Gasteiger partial charge in [-0.25, -0.2) is 4.98 Å². The molecule has 1 aromatic heterocycles. The van der Waals surface area contributed by atoms with Gasteiger partial charge >= 0.3 is 0 Å². The first kappa shape index (κ1) is 15.2. The molecule has 20 heavy (non-hydrogen) atoms. The highest BCUT2D eigenvalue weighted by molar-refractivity contribution is 8.06. The summed E-state index contributed by atoms with van der Waals surface area (Å²) in [6, 6.07) is 0. The molecule has 1 saturated heterocycles. The maximum atomic E-state index is 5.10. The number of rotatable bonds is 4. The van der Waals surface area contributed by atoms with Crippen LogP contribution in [0, 0.1) is 0 Å². The molecule has 1 aliphatic carbocycles. The van der Waals surface area contributed by atoms with Gasteiger partial charge < -0.3 is 5.32 Å². The third kappa shape index (κ3) is 3.21. The Bertz CT molecular complexity index is 446. The highest BCUT2D eigenvalue weighted by Crippen LogP contribution is 2.46. The number of nitrogens with one attached hydrogen (secondary N) is 1. The van der Waals surface area contributed by atoms with Crippen LogP contribution in [0.3, 0.4) is 0 Å². The number of aromatic nitrogens is 1. The zero-order valence-electron chi connectivity index (χ0n) is 12.4. The first-order chi connectivity index (χ1) is 9.79. The van der Waals surface area contributed by atoms with E-state index in [-0.39, 0.29) is 0 Å². The van der Waals surface area contributed by atoms with Crippen molar-refractivity contribution in [1.82, 2.24) is 10.3 Å². The molecule has 0 aromatic carbocycles. The van der Waals surface area contributed by atoms with Gasteiger partial charge in [0.05, 0.1) is 10.9 Å². The van der Waals surface area contributed by atoms with E-state index >= 15 is 0 Å². The van der Waals surface area contributed by atoms with Crippen molar-refractivity contribution < 1.29 is 0 Å². The van der Waals surface area contributed by atoms with Crippen molar-refractivity contribution in [3.8, 4) is 0 Å². The molecule has 3 atom stereocenters. The van der Waals surface area contributed by atoms with E-state index in [2.05, 4.69) is 42.7 Å². The van der Waals surface area contributed by atoms with E-state index in [1.54, 1.807) is 4.88 Å². The summed E-state index contributed by atoms with van der Waals surface area (Å²) in [6.45, 7) is 6.73. The number of hydrogen-bond donors (Lipinski definition) is 1. The topological polar surface area (TPSA) is 24.9 Å². The van der Waals surface area contributed by atoms with Crippen LogP contribution in [0.2, 0.25) is 0 Å². The van der Waals surface area contributed by atoms with Crippen LogP contribution >= 0.6 is 34.9 Å². The Labute approximate surface area is 134 Å². The molecule has 3 rings (SSSR count). The van der Waals surface area contributed by atoms with E-state index in [1.165, 1.54) is 41.5 Å². The van der Waals surface area contributed by atoms with Crippen molar-refractivity contribution in [2.75, 3.05) is 24.6 Å². The van der Waals surface area contributed by atoms with Crippen LogP contribution in [0.5, 0.6) is 0 Å². The van der Waals surface area contributed by atoms with E-state index in [0.29, 0.717) is 16.4 Å². The van der Waals surface area contributed by atoms with Gasteiger partial charge in [-0.1, -0.05) is 13.8 Å². The molecule has 0 bridgehead atoms. The summed E-state index contributed by atoms with van der Waals surface area (Å²) in [6.07, 6.45) is 3.91. The molecule has 0 saturated carbocycles. The van der Waals surface area contributed by atoms with Crippen LogP contribution in [-0.4, -0.2) is 34.8 Å². The molecule has 1 aromatic rings. The molecule has 0 amide bonds. The molecule has 2 aliphatic rings. The van der Waals surface area contributed by atoms with Gasteiger partial charge in [0.15, 0.2) is 0 Å². The smallest absolute Gasteiger partial charge is 0.107 e. The van der Waals surface area contributed by atoms with Gasteiger partial charge in [-0.15, -0.1) is 23.1 Å². The minimum absolute atomic E-state index is 0.629. The van der Waals surface area contributed by atoms with Crippen molar-refractivity contribution in [2.24, 2.45) is 0 Å². The second-order valence-corrected chi connectivity index (χ2v) is 9.47. The average molecular weight is 329 g/mol. The summed E-state index contributed by atoms with van der Waals surface area (Å²) in [5.41, 5.74) is 1.43. The second-order valence-electron chi connectivity index (χ2n) is 5.62. The summed E-state index contributed by atoms with van der Waals surface area (Å²) >= 11 is 6.24. The Morgan fingerprint density at radius 1 is 1.30 bits per heavy atom. The second kappa shape index (κ2) is 7.03. The van der Waals surface area contributed by atoms with Gasteiger partial charge in [0.25, 0.3) is 0 Å². The Balaban J connectivity index is 1.79. The highest BCUT2D eigenvalue weighted by atomic mass is 32.2. The first-order valence-corrected chi connectivity index (χ1v) is 10.6. The monoisotopic (exact) mass is 328 g/mol. The van der Waals surface area contributed by atoms with Crippen molar-refractivity contribution in [3.05, 3.63) is 15.6 Å². The molecule has 2 heterocycles. The maximum absolute atomic E-state index is 5.10. The van der Waals surface area contributed by atoms with E-state index in [9.17, 15) is 0 Å².